The molecule has 1 aromatic heterocycles. The van der Waals surface area contributed by atoms with Gasteiger partial charge < -0.3 is 10.2 Å². The lowest BCUT2D eigenvalue weighted by Gasteiger charge is -2.20. The van der Waals surface area contributed by atoms with Crippen LogP contribution in [0.15, 0.2) is 18.2 Å². The molecule has 3 rings (SSSR count). The number of aryl methyl sites for hydroxylation is 2. The lowest BCUT2D eigenvalue weighted by Crippen LogP contribution is -2.29. The molecule has 7 nitrogen and oxygen atoms in total. The second-order valence-corrected chi connectivity index (χ2v) is 6.26. The quantitative estimate of drug-likeness (QED) is 0.931. The number of anilines is 2. The highest BCUT2D eigenvalue weighted by Gasteiger charge is 2.36. The van der Waals surface area contributed by atoms with Crippen LogP contribution in [0.2, 0.25) is 0 Å². The SMILES string of the molecule is Cc1cccc(N2CC(C(=O)Nc3nnn(C)c3C)CC2=O)c1C. The van der Waals surface area contributed by atoms with Crippen molar-refractivity contribution >= 4 is 23.3 Å². The van der Waals surface area contributed by atoms with Gasteiger partial charge in [-0.15, -0.1) is 5.10 Å². The number of aromatic nitrogens is 3. The molecule has 2 heterocycles. The molecule has 1 aromatic carbocycles. The number of rotatable bonds is 3. The summed E-state index contributed by atoms with van der Waals surface area (Å²) in [6, 6.07) is 5.87. The Balaban J connectivity index is 1.76. The fraction of sp³-hybridized carbons (Fsp3) is 0.412. The summed E-state index contributed by atoms with van der Waals surface area (Å²) in [7, 11) is 1.76. The molecule has 0 bridgehead atoms. The Morgan fingerprint density at radius 2 is 2.04 bits per heavy atom. The van der Waals surface area contributed by atoms with E-state index in [1.165, 1.54) is 0 Å². The Bertz CT molecular complexity index is 811. The molecule has 1 fully saturated rings. The van der Waals surface area contributed by atoms with Crippen molar-refractivity contribution in [1.29, 1.82) is 0 Å². The molecular weight excluding hydrogens is 306 g/mol. The maximum Gasteiger partial charge on any atom is 0.231 e. The molecule has 0 saturated carbocycles. The Kier molecular flexibility index (Phi) is 4.09. The molecule has 1 N–H and O–H groups in total. The van der Waals surface area contributed by atoms with Gasteiger partial charge in [0.1, 0.15) is 0 Å². The van der Waals surface area contributed by atoms with E-state index in [9.17, 15) is 9.59 Å². The molecule has 7 heteroatoms. The molecule has 1 unspecified atom stereocenters. The minimum absolute atomic E-state index is 0.0280. The van der Waals surface area contributed by atoms with Crippen LogP contribution in [-0.2, 0) is 16.6 Å². The van der Waals surface area contributed by atoms with Gasteiger partial charge in [0.2, 0.25) is 11.8 Å². The summed E-state index contributed by atoms with van der Waals surface area (Å²) in [5, 5.41) is 10.6. The first kappa shape index (κ1) is 16.2. The van der Waals surface area contributed by atoms with Crippen LogP contribution in [0.25, 0.3) is 0 Å². The first-order valence-corrected chi connectivity index (χ1v) is 7.92. The summed E-state index contributed by atoms with van der Waals surface area (Å²) in [6.45, 7) is 6.22. The molecule has 0 aliphatic carbocycles. The van der Waals surface area contributed by atoms with Gasteiger partial charge in [0, 0.05) is 25.7 Å². The molecule has 1 saturated heterocycles. The van der Waals surface area contributed by atoms with E-state index in [0.29, 0.717) is 12.4 Å². The van der Waals surface area contributed by atoms with E-state index in [2.05, 4.69) is 15.6 Å². The molecule has 1 atom stereocenters. The van der Waals surface area contributed by atoms with Crippen molar-refractivity contribution in [2.24, 2.45) is 13.0 Å². The van der Waals surface area contributed by atoms with Crippen molar-refractivity contribution in [3.63, 3.8) is 0 Å². The van der Waals surface area contributed by atoms with Crippen LogP contribution in [-0.4, -0.2) is 33.4 Å². The Morgan fingerprint density at radius 1 is 1.29 bits per heavy atom. The van der Waals surface area contributed by atoms with Crippen LogP contribution < -0.4 is 10.2 Å². The van der Waals surface area contributed by atoms with Gasteiger partial charge in [-0.25, -0.2) is 0 Å². The minimum atomic E-state index is -0.390. The van der Waals surface area contributed by atoms with Gasteiger partial charge >= 0.3 is 0 Å². The standard InChI is InChI=1S/C17H21N5O2/c1-10-6-5-7-14(11(10)2)22-9-13(8-15(22)23)17(24)18-16-12(3)21(4)20-19-16/h5-7,13H,8-9H2,1-4H3,(H,18,24). The fourth-order valence-corrected chi connectivity index (χ4v) is 2.88. The number of carbonyl (C=O) groups is 2. The largest absolute Gasteiger partial charge is 0.311 e. The predicted octanol–water partition coefficient (Wildman–Crippen LogP) is 1.73. The maximum atomic E-state index is 12.5. The van der Waals surface area contributed by atoms with Gasteiger partial charge in [-0.3, -0.25) is 14.3 Å². The molecule has 0 radical (unpaired) electrons. The molecule has 2 amide bonds. The van der Waals surface area contributed by atoms with Crippen molar-refractivity contribution in [2.45, 2.75) is 27.2 Å². The van der Waals surface area contributed by atoms with Crippen LogP contribution in [0.5, 0.6) is 0 Å². The van der Waals surface area contributed by atoms with E-state index in [1.54, 1.807) is 16.6 Å². The highest BCUT2D eigenvalue weighted by Crippen LogP contribution is 2.29. The van der Waals surface area contributed by atoms with Crippen LogP contribution in [0.1, 0.15) is 23.2 Å². The number of benzene rings is 1. The van der Waals surface area contributed by atoms with E-state index in [1.807, 2.05) is 39.0 Å². The highest BCUT2D eigenvalue weighted by molar-refractivity contribution is 6.03. The third-order valence-electron chi connectivity index (χ3n) is 4.71. The monoisotopic (exact) mass is 327 g/mol. The summed E-state index contributed by atoms with van der Waals surface area (Å²) in [5.74, 6) is -0.168. The third-order valence-corrected chi connectivity index (χ3v) is 4.71. The number of amides is 2. The summed E-state index contributed by atoms with van der Waals surface area (Å²) in [6.07, 6.45) is 0.207. The van der Waals surface area contributed by atoms with Gasteiger partial charge in [0.25, 0.3) is 0 Å². The molecule has 24 heavy (non-hydrogen) atoms. The van der Waals surface area contributed by atoms with Crippen molar-refractivity contribution < 1.29 is 9.59 Å². The Hall–Kier alpha value is -2.70. The number of nitrogens with zero attached hydrogens (tertiary/aromatic N) is 4. The summed E-state index contributed by atoms with van der Waals surface area (Å²) in [5.41, 5.74) is 3.85. The van der Waals surface area contributed by atoms with E-state index in [-0.39, 0.29) is 24.2 Å². The summed E-state index contributed by atoms with van der Waals surface area (Å²) < 4.78 is 1.60. The second-order valence-electron chi connectivity index (χ2n) is 6.26. The number of hydrogen-bond acceptors (Lipinski definition) is 4. The third kappa shape index (κ3) is 2.77. The van der Waals surface area contributed by atoms with Gasteiger partial charge in [-0.2, -0.15) is 0 Å². The van der Waals surface area contributed by atoms with E-state index < -0.39 is 0 Å². The van der Waals surface area contributed by atoms with Crippen LogP contribution >= 0.6 is 0 Å². The van der Waals surface area contributed by atoms with Gasteiger partial charge in [-0.05, 0) is 38.0 Å². The molecule has 126 valence electrons. The molecule has 0 spiro atoms. The van der Waals surface area contributed by atoms with Crippen molar-refractivity contribution in [3.8, 4) is 0 Å². The van der Waals surface area contributed by atoms with E-state index in [4.69, 9.17) is 0 Å². The fourth-order valence-electron chi connectivity index (χ4n) is 2.88. The number of hydrogen-bond donors (Lipinski definition) is 1. The first-order valence-electron chi connectivity index (χ1n) is 7.92. The zero-order chi connectivity index (χ0) is 17.4. The molecule has 1 aliphatic rings. The highest BCUT2D eigenvalue weighted by atomic mass is 16.2. The average molecular weight is 327 g/mol. The second kappa shape index (κ2) is 6.07. The van der Waals surface area contributed by atoms with Crippen LogP contribution in [0, 0.1) is 26.7 Å². The Morgan fingerprint density at radius 3 is 2.71 bits per heavy atom. The summed E-state index contributed by atoms with van der Waals surface area (Å²) >= 11 is 0. The Labute approximate surface area is 140 Å². The number of nitrogens with one attached hydrogen (secondary N) is 1. The zero-order valence-corrected chi connectivity index (χ0v) is 14.3. The van der Waals surface area contributed by atoms with Gasteiger partial charge in [-0.1, -0.05) is 17.3 Å². The normalized spacial score (nSPS) is 17.4. The number of carbonyl (C=O) groups excluding carboxylic acids is 2. The van der Waals surface area contributed by atoms with E-state index in [0.717, 1.165) is 22.5 Å². The summed E-state index contributed by atoms with van der Waals surface area (Å²) in [4.78, 5) is 26.6. The predicted molar refractivity (Wildman–Crippen MR) is 90.7 cm³/mol. The maximum absolute atomic E-state index is 12.5. The molecule has 1 aliphatic heterocycles. The smallest absolute Gasteiger partial charge is 0.231 e. The topological polar surface area (TPSA) is 80.1 Å². The lowest BCUT2D eigenvalue weighted by atomic mass is 10.1. The van der Waals surface area contributed by atoms with E-state index >= 15 is 0 Å². The zero-order valence-electron chi connectivity index (χ0n) is 14.3. The van der Waals surface area contributed by atoms with Crippen molar-refractivity contribution in [1.82, 2.24) is 15.0 Å². The van der Waals surface area contributed by atoms with Crippen LogP contribution in [0.4, 0.5) is 11.5 Å². The van der Waals surface area contributed by atoms with Gasteiger partial charge in [0.15, 0.2) is 5.82 Å². The van der Waals surface area contributed by atoms with Crippen molar-refractivity contribution in [2.75, 3.05) is 16.8 Å². The molecular formula is C17H21N5O2. The minimum Gasteiger partial charge on any atom is -0.311 e. The first-order chi connectivity index (χ1) is 11.4. The average Bonchev–Trinajstić information content (AvgIpc) is 3.08. The van der Waals surface area contributed by atoms with Gasteiger partial charge in [0.05, 0.1) is 11.6 Å². The van der Waals surface area contributed by atoms with Crippen LogP contribution in [0.3, 0.4) is 0 Å². The molecule has 2 aromatic rings. The van der Waals surface area contributed by atoms with Crippen molar-refractivity contribution in [3.05, 3.63) is 35.0 Å². The lowest BCUT2D eigenvalue weighted by molar-refractivity contribution is -0.122.